The topological polar surface area (TPSA) is 81.4 Å². The Kier molecular flexibility index (Phi) is 4.78. The van der Waals surface area contributed by atoms with Crippen LogP contribution in [0.15, 0.2) is 18.2 Å². The Morgan fingerprint density at radius 1 is 1.47 bits per heavy atom. The van der Waals surface area contributed by atoms with Crippen LogP contribution in [0.5, 0.6) is 0 Å². The molecule has 0 saturated heterocycles. The van der Waals surface area contributed by atoms with Crippen LogP contribution in [0.25, 0.3) is 0 Å². The molecule has 1 amide bonds. The highest BCUT2D eigenvalue weighted by Gasteiger charge is 2.10. The second-order valence-electron chi connectivity index (χ2n) is 3.30. The van der Waals surface area contributed by atoms with Crippen molar-refractivity contribution in [3.8, 4) is 0 Å². The van der Waals surface area contributed by atoms with Gasteiger partial charge in [-0.15, -0.1) is 0 Å². The van der Waals surface area contributed by atoms with Crippen molar-refractivity contribution in [2.75, 3.05) is 18.9 Å². The van der Waals surface area contributed by atoms with Gasteiger partial charge in [0.1, 0.15) is 6.61 Å². The number of esters is 1. The molecule has 0 unspecified atom stereocenters. The summed E-state index contributed by atoms with van der Waals surface area (Å²) in [7, 11) is 0. The Balaban J connectivity index is 2.53. The van der Waals surface area contributed by atoms with Crippen molar-refractivity contribution in [3.63, 3.8) is 0 Å². The highest BCUT2D eigenvalue weighted by Crippen LogP contribution is 2.21. The van der Waals surface area contributed by atoms with E-state index in [1.165, 1.54) is 6.92 Å². The lowest BCUT2D eigenvalue weighted by atomic mass is 10.1. The number of carbonyl (C=O) groups is 2. The zero-order chi connectivity index (χ0) is 12.8. The molecule has 1 aromatic carbocycles. The minimum absolute atomic E-state index is 0.127. The third-order valence-electron chi connectivity index (χ3n) is 1.99. The molecule has 6 heteroatoms. The van der Waals surface area contributed by atoms with Gasteiger partial charge in [0.05, 0.1) is 22.8 Å². The fraction of sp³-hybridized carbons (Fsp3) is 0.273. The third kappa shape index (κ3) is 3.96. The summed E-state index contributed by atoms with van der Waals surface area (Å²) in [6, 6.07) is 4.81. The van der Waals surface area contributed by atoms with E-state index < -0.39 is 0 Å². The second kappa shape index (κ2) is 6.10. The van der Waals surface area contributed by atoms with Crippen molar-refractivity contribution in [2.24, 2.45) is 0 Å². The first-order chi connectivity index (χ1) is 8.02. The molecule has 3 N–H and O–H groups in total. The molecule has 0 bridgehead atoms. The maximum absolute atomic E-state index is 11.7. The van der Waals surface area contributed by atoms with Gasteiger partial charge in [-0.1, -0.05) is 17.7 Å². The lowest BCUT2D eigenvalue weighted by molar-refractivity contribution is -0.140. The summed E-state index contributed by atoms with van der Waals surface area (Å²) in [6.45, 7) is 1.66. The lowest BCUT2D eigenvalue weighted by Gasteiger charge is -2.08. The molecule has 0 fully saturated rings. The number of para-hydroxylation sites is 1. The fourth-order valence-corrected chi connectivity index (χ4v) is 1.36. The van der Waals surface area contributed by atoms with Crippen molar-refractivity contribution < 1.29 is 14.3 Å². The molecular weight excluding hydrogens is 244 g/mol. The SMILES string of the molecule is CC(=O)OCCNC(=O)c1cccc(Cl)c1N. The number of amides is 1. The number of nitrogen functional groups attached to an aromatic ring is 1. The van der Waals surface area contributed by atoms with Gasteiger partial charge < -0.3 is 15.8 Å². The normalized spacial score (nSPS) is 9.76. The van der Waals surface area contributed by atoms with Crippen LogP contribution in [-0.2, 0) is 9.53 Å². The van der Waals surface area contributed by atoms with Crippen LogP contribution in [0.3, 0.4) is 0 Å². The van der Waals surface area contributed by atoms with Crippen LogP contribution < -0.4 is 11.1 Å². The summed E-state index contributed by atoms with van der Waals surface area (Å²) >= 11 is 5.79. The van der Waals surface area contributed by atoms with Crippen molar-refractivity contribution in [1.29, 1.82) is 0 Å². The number of rotatable bonds is 4. The molecule has 92 valence electrons. The molecule has 1 aromatic rings. The molecule has 0 aliphatic carbocycles. The Bertz CT molecular complexity index is 435. The predicted molar refractivity (Wildman–Crippen MR) is 64.8 cm³/mol. The molecule has 0 atom stereocenters. The summed E-state index contributed by atoms with van der Waals surface area (Å²) in [5.74, 6) is -0.737. The first-order valence-corrected chi connectivity index (χ1v) is 5.35. The van der Waals surface area contributed by atoms with Gasteiger partial charge in [0.15, 0.2) is 0 Å². The van der Waals surface area contributed by atoms with Crippen LogP contribution in [0.1, 0.15) is 17.3 Å². The van der Waals surface area contributed by atoms with Crippen LogP contribution in [0, 0.1) is 0 Å². The number of benzene rings is 1. The maximum atomic E-state index is 11.7. The number of nitrogens with two attached hydrogens (primary N) is 1. The van der Waals surface area contributed by atoms with Gasteiger partial charge in [0.2, 0.25) is 0 Å². The number of anilines is 1. The van der Waals surface area contributed by atoms with Gasteiger partial charge >= 0.3 is 5.97 Å². The van der Waals surface area contributed by atoms with Gasteiger partial charge in [-0.3, -0.25) is 9.59 Å². The largest absolute Gasteiger partial charge is 0.464 e. The van der Waals surface area contributed by atoms with Crippen LogP contribution in [-0.4, -0.2) is 25.0 Å². The van der Waals surface area contributed by atoms with Crippen molar-refractivity contribution in [2.45, 2.75) is 6.92 Å². The number of carbonyl (C=O) groups excluding carboxylic acids is 2. The first kappa shape index (κ1) is 13.3. The quantitative estimate of drug-likeness (QED) is 0.482. The summed E-state index contributed by atoms with van der Waals surface area (Å²) in [5, 5.41) is 2.90. The van der Waals surface area contributed by atoms with Gasteiger partial charge in [-0.2, -0.15) is 0 Å². The lowest BCUT2D eigenvalue weighted by Crippen LogP contribution is -2.28. The molecule has 0 aromatic heterocycles. The summed E-state index contributed by atoms with van der Waals surface area (Å²) in [4.78, 5) is 22.2. The monoisotopic (exact) mass is 256 g/mol. The smallest absolute Gasteiger partial charge is 0.302 e. The van der Waals surface area contributed by atoms with E-state index in [2.05, 4.69) is 10.1 Å². The summed E-state index contributed by atoms with van der Waals surface area (Å²) in [5.41, 5.74) is 6.20. The van der Waals surface area contributed by atoms with Gasteiger partial charge in [-0.05, 0) is 12.1 Å². The van der Waals surface area contributed by atoms with E-state index in [9.17, 15) is 9.59 Å². The van der Waals surface area contributed by atoms with Crippen molar-refractivity contribution >= 4 is 29.2 Å². The molecule has 17 heavy (non-hydrogen) atoms. The highest BCUT2D eigenvalue weighted by atomic mass is 35.5. The zero-order valence-electron chi connectivity index (χ0n) is 9.33. The van der Waals surface area contributed by atoms with Gasteiger partial charge in [0, 0.05) is 6.92 Å². The molecular formula is C11H13ClN2O3. The predicted octanol–water partition coefficient (Wildman–Crippen LogP) is 1.22. The second-order valence-corrected chi connectivity index (χ2v) is 3.70. The minimum Gasteiger partial charge on any atom is -0.464 e. The summed E-state index contributed by atoms with van der Waals surface area (Å²) < 4.78 is 4.67. The van der Waals surface area contributed by atoms with E-state index in [1.54, 1.807) is 18.2 Å². The van der Waals surface area contributed by atoms with E-state index in [0.717, 1.165) is 0 Å². The van der Waals surface area contributed by atoms with E-state index in [1.807, 2.05) is 0 Å². The Hall–Kier alpha value is -1.75. The average molecular weight is 257 g/mol. The third-order valence-corrected chi connectivity index (χ3v) is 2.32. The van der Waals surface area contributed by atoms with E-state index in [-0.39, 0.29) is 30.7 Å². The number of nitrogens with one attached hydrogen (secondary N) is 1. The average Bonchev–Trinajstić information content (AvgIpc) is 2.27. The number of hydrogen-bond acceptors (Lipinski definition) is 4. The number of halogens is 1. The first-order valence-electron chi connectivity index (χ1n) is 4.98. The standard InChI is InChI=1S/C11H13ClN2O3/c1-7(15)17-6-5-14-11(16)8-3-2-4-9(12)10(8)13/h2-4H,5-6,13H2,1H3,(H,14,16). The Labute approximate surface area is 104 Å². The van der Waals surface area contributed by atoms with Crippen LogP contribution >= 0.6 is 11.6 Å². The number of hydrogen-bond donors (Lipinski definition) is 2. The molecule has 0 heterocycles. The molecule has 0 aliphatic heterocycles. The molecule has 0 aliphatic rings. The summed E-state index contributed by atoms with van der Waals surface area (Å²) in [6.07, 6.45) is 0. The highest BCUT2D eigenvalue weighted by molar-refractivity contribution is 6.33. The minimum atomic E-state index is -0.387. The van der Waals surface area contributed by atoms with E-state index in [0.29, 0.717) is 10.6 Å². The zero-order valence-corrected chi connectivity index (χ0v) is 10.1. The van der Waals surface area contributed by atoms with E-state index >= 15 is 0 Å². The van der Waals surface area contributed by atoms with Crippen LogP contribution in [0.2, 0.25) is 5.02 Å². The maximum Gasteiger partial charge on any atom is 0.302 e. The van der Waals surface area contributed by atoms with E-state index in [4.69, 9.17) is 17.3 Å². The number of ether oxygens (including phenoxy) is 1. The van der Waals surface area contributed by atoms with Crippen molar-refractivity contribution in [1.82, 2.24) is 5.32 Å². The van der Waals surface area contributed by atoms with Crippen molar-refractivity contribution in [3.05, 3.63) is 28.8 Å². The molecule has 1 rings (SSSR count). The molecule has 0 spiro atoms. The Morgan fingerprint density at radius 3 is 2.82 bits per heavy atom. The molecule has 5 nitrogen and oxygen atoms in total. The molecule has 0 saturated carbocycles. The van der Waals surface area contributed by atoms with Gasteiger partial charge in [-0.25, -0.2) is 0 Å². The van der Waals surface area contributed by atoms with Crippen LogP contribution in [0.4, 0.5) is 5.69 Å². The Morgan fingerprint density at radius 2 is 2.18 bits per heavy atom. The molecule has 0 radical (unpaired) electrons. The van der Waals surface area contributed by atoms with Gasteiger partial charge in [0.25, 0.3) is 5.91 Å². The fourth-order valence-electron chi connectivity index (χ4n) is 1.19.